The Kier molecular flexibility index (Phi) is 4.93. The minimum Gasteiger partial charge on any atom is -0.496 e. The van der Waals surface area contributed by atoms with Crippen molar-refractivity contribution < 1.29 is 9.47 Å². The van der Waals surface area contributed by atoms with E-state index in [0.717, 1.165) is 37.5 Å². The van der Waals surface area contributed by atoms with Gasteiger partial charge in [0.25, 0.3) is 0 Å². The Morgan fingerprint density at radius 1 is 1.20 bits per heavy atom. The van der Waals surface area contributed by atoms with Crippen molar-refractivity contribution in [1.82, 2.24) is 4.90 Å². The van der Waals surface area contributed by atoms with Gasteiger partial charge >= 0.3 is 0 Å². The van der Waals surface area contributed by atoms with E-state index < -0.39 is 0 Å². The first-order valence-corrected chi connectivity index (χ1v) is 9.43. The molecule has 132 valence electrons. The third-order valence-electron chi connectivity index (χ3n) is 5.54. The summed E-state index contributed by atoms with van der Waals surface area (Å²) in [5.41, 5.74) is 4.20. The maximum Gasteiger partial charge on any atom is 0.122 e. The molecule has 1 atom stereocenters. The molecular formula is C22H27NO2. The molecule has 0 saturated carbocycles. The maximum atomic E-state index is 5.59. The first-order valence-electron chi connectivity index (χ1n) is 9.43. The van der Waals surface area contributed by atoms with Crippen LogP contribution < -0.4 is 9.47 Å². The Balaban J connectivity index is 1.28. The summed E-state index contributed by atoms with van der Waals surface area (Å²) in [6.45, 7) is 4.37. The molecular weight excluding hydrogens is 310 g/mol. The van der Waals surface area contributed by atoms with E-state index in [9.17, 15) is 0 Å². The van der Waals surface area contributed by atoms with Crippen LogP contribution in [0.5, 0.6) is 11.5 Å². The highest BCUT2D eigenvalue weighted by Crippen LogP contribution is 2.33. The van der Waals surface area contributed by atoms with Crippen molar-refractivity contribution in [2.75, 3.05) is 33.4 Å². The number of fused-ring (bicyclic) bond motifs is 1. The predicted octanol–water partition coefficient (Wildman–Crippen LogP) is 4.05. The van der Waals surface area contributed by atoms with E-state index >= 15 is 0 Å². The first kappa shape index (κ1) is 16.5. The van der Waals surface area contributed by atoms with Crippen LogP contribution in [0, 0.1) is 0 Å². The topological polar surface area (TPSA) is 21.7 Å². The lowest BCUT2D eigenvalue weighted by Gasteiger charge is -2.17. The van der Waals surface area contributed by atoms with Gasteiger partial charge in [0.1, 0.15) is 11.5 Å². The van der Waals surface area contributed by atoms with Gasteiger partial charge in [0.2, 0.25) is 0 Å². The third kappa shape index (κ3) is 3.67. The van der Waals surface area contributed by atoms with E-state index in [-0.39, 0.29) is 0 Å². The molecule has 0 bridgehead atoms. The number of nitrogens with zero attached hydrogens (tertiary/aromatic N) is 1. The summed E-state index contributed by atoms with van der Waals surface area (Å²) >= 11 is 0. The zero-order chi connectivity index (χ0) is 17.1. The van der Waals surface area contributed by atoms with Crippen molar-refractivity contribution in [2.24, 2.45) is 0 Å². The fourth-order valence-corrected chi connectivity index (χ4v) is 4.20. The molecule has 0 amide bonds. The molecule has 0 radical (unpaired) electrons. The number of aryl methyl sites for hydroxylation is 1. The molecule has 4 rings (SSSR count). The Hall–Kier alpha value is -2.00. The lowest BCUT2D eigenvalue weighted by Crippen LogP contribution is -2.22. The zero-order valence-corrected chi connectivity index (χ0v) is 15.0. The van der Waals surface area contributed by atoms with Gasteiger partial charge < -0.3 is 14.4 Å². The van der Waals surface area contributed by atoms with Crippen LogP contribution >= 0.6 is 0 Å². The summed E-state index contributed by atoms with van der Waals surface area (Å²) in [6.07, 6.45) is 4.67. The minimum atomic E-state index is 0.605. The van der Waals surface area contributed by atoms with Crippen LogP contribution in [0.3, 0.4) is 0 Å². The number of methoxy groups -OCH3 is 1. The highest BCUT2D eigenvalue weighted by molar-refractivity contribution is 5.40. The van der Waals surface area contributed by atoms with Crippen LogP contribution in [0.4, 0.5) is 0 Å². The summed E-state index contributed by atoms with van der Waals surface area (Å²) in [6, 6.07) is 15.2. The van der Waals surface area contributed by atoms with Gasteiger partial charge in [-0.3, -0.25) is 0 Å². The van der Waals surface area contributed by atoms with Gasteiger partial charge in [-0.1, -0.05) is 30.3 Å². The fraction of sp³-hybridized carbons (Fsp3) is 0.455. The van der Waals surface area contributed by atoms with E-state index in [1.165, 1.54) is 42.6 Å². The monoisotopic (exact) mass is 337 g/mol. The number of hydrogen-bond acceptors (Lipinski definition) is 3. The standard InChI is InChI=1S/C22H27NO2/c1-24-22-7-3-2-6-20(22)19-10-13-23(16-19)12-4-5-17-8-9-21-18(15-17)11-14-25-21/h2-3,6-9,15,19H,4-5,10-14,16H2,1H3/t19-/m1/s1. The van der Waals surface area contributed by atoms with Crippen LogP contribution in [0.1, 0.15) is 35.4 Å². The quantitative estimate of drug-likeness (QED) is 0.794. The fourth-order valence-electron chi connectivity index (χ4n) is 4.20. The molecule has 1 fully saturated rings. The molecule has 2 aliphatic heterocycles. The average Bonchev–Trinajstić information content (AvgIpc) is 3.30. The van der Waals surface area contributed by atoms with Crippen LogP contribution in [-0.4, -0.2) is 38.3 Å². The van der Waals surface area contributed by atoms with Gasteiger partial charge in [0.05, 0.1) is 13.7 Å². The van der Waals surface area contributed by atoms with Gasteiger partial charge in [-0.2, -0.15) is 0 Å². The number of hydrogen-bond donors (Lipinski definition) is 0. The first-order chi connectivity index (χ1) is 12.3. The van der Waals surface area contributed by atoms with E-state index in [1.54, 1.807) is 7.11 Å². The van der Waals surface area contributed by atoms with E-state index in [1.807, 2.05) is 0 Å². The summed E-state index contributed by atoms with van der Waals surface area (Å²) in [7, 11) is 1.77. The number of para-hydroxylation sites is 1. The van der Waals surface area contributed by atoms with Gasteiger partial charge in [0, 0.05) is 18.9 Å². The molecule has 3 nitrogen and oxygen atoms in total. The van der Waals surface area contributed by atoms with Crippen LogP contribution in [0.25, 0.3) is 0 Å². The Labute approximate surface area is 150 Å². The zero-order valence-electron chi connectivity index (χ0n) is 15.0. The number of ether oxygens (including phenoxy) is 2. The Morgan fingerprint density at radius 3 is 3.04 bits per heavy atom. The lowest BCUT2D eigenvalue weighted by atomic mass is 9.97. The Bertz CT molecular complexity index is 728. The van der Waals surface area contributed by atoms with E-state index in [4.69, 9.17) is 9.47 Å². The van der Waals surface area contributed by atoms with Crippen molar-refractivity contribution in [3.05, 3.63) is 59.2 Å². The molecule has 0 aliphatic carbocycles. The van der Waals surface area contributed by atoms with Crippen molar-refractivity contribution >= 4 is 0 Å². The SMILES string of the molecule is COc1ccccc1[C@@H]1CCN(CCCc2ccc3c(c2)CCO3)C1. The van der Waals surface area contributed by atoms with Crippen LogP contribution in [0.15, 0.2) is 42.5 Å². The second kappa shape index (κ2) is 7.49. The van der Waals surface area contributed by atoms with Gasteiger partial charge in [0.15, 0.2) is 0 Å². The van der Waals surface area contributed by atoms with Crippen molar-refractivity contribution in [1.29, 1.82) is 0 Å². The predicted molar refractivity (Wildman–Crippen MR) is 101 cm³/mol. The average molecular weight is 337 g/mol. The lowest BCUT2D eigenvalue weighted by molar-refractivity contribution is 0.328. The van der Waals surface area contributed by atoms with Gasteiger partial charge in [-0.05, 0) is 61.2 Å². The van der Waals surface area contributed by atoms with Gasteiger partial charge in [-0.15, -0.1) is 0 Å². The summed E-state index contributed by atoms with van der Waals surface area (Å²) in [5.74, 6) is 2.73. The second-order valence-electron chi connectivity index (χ2n) is 7.17. The molecule has 0 spiro atoms. The molecule has 1 saturated heterocycles. The third-order valence-corrected chi connectivity index (χ3v) is 5.54. The molecule has 0 unspecified atom stereocenters. The second-order valence-corrected chi connectivity index (χ2v) is 7.17. The molecule has 25 heavy (non-hydrogen) atoms. The Morgan fingerprint density at radius 2 is 2.12 bits per heavy atom. The highest BCUT2D eigenvalue weighted by Gasteiger charge is 2.25. The summed E-state index contributed by atoms with van der Waals surface area (Å²) in [5, 5.41) is 0. The van der Waals surface area contributed by atoms with Crippen molar-refractivity contribution in [3.63, 3.8) is 0 Å². The number of benzene rings is 2. The highest BCUT2D eigenvalue weighted by atomic mass is 16.5. The molecule has 0 N–H and O–H groups in total. The summed E-state index contributed by atoms with van der Waals surface area (Å²) in [4.78, 5) is 2.60. The molecule has 0 aromatic heterocycles. The van der Waals surface area contributed by atoms with Crippen molar-refractivity contribution in [2.45, 2.75) is 31.6 Å². The molecule has 2 aromatic carbocycles. The van der Waals surface area contributed by atoms with Crippen LogP contribution in [-0.2, 0) is 12.8 Å². The summed E-state index contributed by atoms with van der Waals surface area (Å²) < 4.78 is 11.1. The molecule has 2 aliphatic rings. The molecule has 2 heterocycles. The molecule has 3 heteroatoms. The minimum absolute atomic E-state index is 0.605. The normalized spacial score (nSPS) is 19.6. The molecule has 2 aromatic rings. The van der Waals surface area contributed by atoms with E-state index in [0.29, 0.717) is 5.92 Å². The van der Waals surface area contributed by atoms with Gasteiger partial charge in [-0.25, -0.2) is 0 Å². The smallest absolute Gasteiger partial charge is 0.122 e. The largest absolute Gasteiger partial charge is 0.496 e. The number of likely N-dealkylation sites (tertiary alicyclic amines) is 1. The van der Waals surface area contributed by atoms with Crippen molar-refractivity contribution in [3.8, 4) is 11.5 Å². The van der Waals surface area contributed by atoms with E-state index in [2.05, 4.69) is 47.4 Å². The number of rotatable bonds is 6. The van der Waals surface area contributed by atoms with Crippen LogP contribution in [0.2, 0.25) is 0 Å². The maximum absolute atomic E-state index is 5.59.